The summed E-state index contributed by atoms with van der Waals surface area (Å²) in [4.78, 5) is 28.3. The van der Waals surface area contributed by atoms with Gasteiger partial charge in [-0.3, -0.25) is 4.98 Å². The number of rotatable bonds is 2. The van der Waals surface area contributed by atoms with Gasteiger partial charge in [-0.15, -0.1) is 0 Å². The Kier molecular flexibility index (Phi) is 5.75. The normalized spacial score (nSPS) is 16.9. The number of hydrogen-bond donors (Lipinski definition) is 1. The fraction of sp³-hybridized carbons (Fsp3) is 0.440. The molecule has 1 atom stereocenters. The van der Waals surface area contributed by atoms with Gasteiger partial charge in [0.25, 0.3) is 0 Å². The second kappa shape index (κ2) is 8.37. The number of fused-ring (bicyclic) bond motifs is 1. The molecule has 7 heteroatoms. The third-order valence-electron chi connectivity index (χ3n) is 5.63. The van der Waals surface area contributed by atoms with E-state index < -0.39 is 5.60 Å². The van der Waals surface area contributed by atoms with Crippen molar-refractivity contribution in [2.24, 2.45) is 0 Å². The molecule has 1 aliphatic rings. The highest BCUT2D eigenvalue weighted by Gasteiger charge is 2.29. The summed E-state index contributed by atoms with van der Waals surface area (Å²) in [6.07, 6.45) is 3.30. The molecule has 2 aromatic heterocycles. The molecule has 1 saturated heterocycles. The number of pyridine rings is 1. The van der Waals surface area contributed by atoms with Crippen molar-refractivity contribution in [2.75, 3.05) is 13.1 Å². The van der Waals surface area contributed by atoms with Gasteiger partial charge >= 0.3 is 6.09 Å². The smallest absolute Gasteiger partial charge is 0.410 e. The van der Waals surface area contributed by atoms with Crippen LogP contribution in [0, 0.1) is 13.8 Å². The van der Waals surface area contributed by atoms with Crippen LogP contribution in [0.2, 0.25) is 0 Å². The van der Waals surface area contributed by atoms with Crippen LogP contribution < -0.4 is 0 Å². The summed E-state index contributed by atoms with van der Waals surface area (Å²) in [5, 5.41) is 10.5. The maximum Gasteiger partial charge on any atom is 0.410 e. The average Bonchev–Trinajstić information content (AvgIpc) is 2.71. The molecule has 1 amide bonds. The topological polar surface area (TPSA) is 88.4 Å². The number of phenolic OH excluding ortho intramolecular Hbond substituents is 1. The molecule has 3 aromatic rings. The number of likely N-dealkylation sites (tertiary alicyclic amines) is 1. The molecule has 0 unspecified atom stereocenters. The Hall–Kier alpha value is -3.22. The van der Waals surface area contributed by atoms with Crippen molar-refractivity contribution in [3.8, 4) is 17.0 Å². The summed E-state index contributed by atoms with van der Waals surface area (Å²) in [6, 6.07) is 7.50. The highest BCUT2D eigenvalue weighted by molar-refractivity contribution is 5.78. The minimum atomic E-state index is -0.521. The Labute approximate surface area is 188 Å². The number of piperidine rings is 1. The third-order valence-corrected chi connectivity index (χ3v) is 5.63. The summed E-state index contributed by atoms with van der Waals surface area (Å²) < 4.78 is 5.54. The summed E-state index contributed by atoms with van der Waals surface area (Å²) in [5.74, 6) is 0.284. The highest BCUT2D eigenvalue weighted by atomic mass is 16.6. The van der Waals surface area contributed by atoms with Crippen LogP contribution in [0.25, 0.3) is 22.4 Å². The monoisotopic (exact) mass is 434 g/mol. The van der Waals surface area contributed by atoms with E-state index in [1.165, 1.54) is 0 Å². The summed E-state index contributed by atoms with van der Waals surface area (Å²) in [5.41, 5.74) is 4.86. The number of benzene rings is 1. The Morgan fingerprint density at radius 2 is 1.97 bits per heavy atom. The van der Waals surface area contributed by atoms with Crippen LogP contribution >= 0.6 is 0 Å². The SMILES string of the molecule is Cc1cc(C)c(-c2ccc3ncc([C@@H]4CCCN(C(=O)OC(C)(C)C)C4)nc3n2)c(O)c1. The molecular formula is C25H30N4O3. The number of aromatic hydroxyl groups is 1. The van der Waals surface area contributed by atoms with Gasteiger partial charge < -0.3 is 14.7 Å². The van der Waals surface area contributed by atoms with Crippen LogP contribution in [0.4, 0.5) is 4.79 Å². The zero-order valence-corrected chi connectivity index (χ0v) is 19.3. The number of carbonyl (C=O) groups excluding carboxylic acids is 1. The molecule has 0 radical (unpaired) electrons. The Morgan fingerprint density at radius 1 is 1.19 bits per heavy atom. The molecule has 1 aromatic carbocycles. The van der Waals surface area contributed by atoms with Crippen molar-refractivity contribution >= 4 is 17.3 Å². The maximum absolute atomic E-state index is 12.5. The quantitative estimate of drug-likeness (QED) is 0.602. The number of aryl methyl sites for hydroxylation is 2. The van der Waals surface area contributed by atoms with E-state index >= 15 is 0 Å². The molecular weight excluding hydrogens is 404 g/mol. The van der Waals surface area contributed by atoms with Crippen LogP contribution in [0.1, 0.15) is 56.4 Å². The fourth-order valence-electron chi connectivity index (χ4n) is 4.24. The van der Waals surface area contributed by atoms with E-state index in [-0.39, 0.29) is 17.8 Å². The lowest BCUT2D eigenvalue weighted by Crippen LogP contribution is -2.42. The number of nitrogens with zero attached hydrogens (tertiary/aromatic N) is 4. The standard InChI is InChI=1S/C25H30N4O3/c1-15-11-16(2)22(21(30)12-15)18-8-9-19-23(27-18)28-20(13-26-19)17-7-6-10-29(14-17)24(31)32-25(3,4)5/h8-9,11-13,17,30H,6-7,10,14H2,1-5H3/t17-/m1/s1. The van der Waals surface area contributed by atoms with E-state index in [1.54, 1.807) is 17.2 Å². The van der Waals surface area contributed by atoms with Crippen molar-refractivity contribution in [2.45, 2.75) is 59.0 Å². The van der Waals surface area contributed by atoms with Crippen molar-refractivity contribution in [1.82, 2.24) is 19.9 Å². The van der Waals surface area contributed by atoms with Gasteiger partial charge in [-0.05, 0) is 76.8 Å². The molecule has 1 aliphatic heterocycles. The summed E-state index contributed by atoms with van der Waals surface area (Å²) in [7, 11) is 0. The lowest BCUT2D eigenvalue weighted by molar-refractivity contribution is 0.0197. The van der Waals surface area contributed by atoms with Gasteiger partial charge in [0.15, 0.2) is 5.65 Å². The number of phenols is 1. The molecule has 32 heavy (non-hydrogen) atoms. The molecule has 0 saturated carbocycles. The van der Waals surface area contributed by atoms with Crippen LogP contribution in [0.15, 0.2) is 30.5 Å². The van der Waals surface area contributed by atoms with E-state index in [9.17, 15) is 9.90 Å². The first kappa shape index (κ1) is 22.0. The van der Waals surface area contributed by atoms with Gasteiger partial charge in [0.05, 0.1) is 11.4 Å². The number of carbonyl (C=O) groups is 1. The minimum absolute atomic E-state index is 0.0770. The van der Waals surface area contributed by atoms with Crippen molar-refractivity contribution in [3.63, 3.8) is 0 Å². The molecule has 1 fully saturated rings. The van der Waals surface area contributed by atoms with Gasteiger partial charge in [0, 0.05) is 30.8 Å². The van der Waals surface area contributed by atoms with E-state index in [1.807, 2.05) is 52.8 Å². The molecule has 0 aliphatic carbocycles. The first-order valence-electron chi connectivity index (χ1n) is 11.0. The molecule has 0 spiro atoms. The zero-order valence-electron chi connectivity index (χ0n) is 19.3. The fourth-order valence-corrected chi connectivity index (χ4v) is 4.24. The Balaban J connectivity index is 1.63. The molecule has 7 nitrogen and oxygen atoms in total. The molecule has 3 heterocycles. The Morgan fingerprint density at radius 3 is 2.69 bits per heavy atom. The van der Waals surface area contributed by atoms with E-state index in [4.69, 9.17) is 14.7 Å². The maximum atomic E-state index is 12.5. The van der Waals surface area contributed by atoms with Crippen molar-refractivity contribution < 1.29 is 14.6 Å². The Bertz CT molecular complexity index is 1150. The van der Waals surface area contributed by atoms with E-state index in [0.29, 0.717) is 35.5 Å². The first-order valence-corrected chi connectivity index (χ1v) is 11.0. The van der Waals surface area contributed by atoms with Gasteiger partial charge in [0.1, 0.15) is 16.9 Å². The van der Waals surface area contributed by atoms with Gasteiger partial charge in [0.2, 0.25) is 0 Å². The predicted octanol–water partition coefficient (Wildman–Crippen LogP) is 5.13. The predicted molar refractivity (Wildman–Crippen MR) is 124 cm³/mol. The largest absolute Gasteiger partial charge is 0.507 e. The number of amides is 1. The van der Waals surface area contributed by atoms with Crippen LogP contribution in [-0.2, 0) is 4.74 Å². The lowest BCUT2D eigenvalue weighted by atomic mass is 9.95. The van der Waals surface area contributed by atoms with Gasteiger partial charge in [-0.2, -0.15) is 0 Å². The molecule has 1 N–H and O–H groups in total. The van der Waals surface area contributed by atoms with E-state index in [0.717, 1.165) is 29.7 Å². The van der Waals surface area contributed by atoms with Gasteiger partial charge in [-0.1, -0.05) is 6.07 Å². The van der Waals surface area contributed by atoms with Crippen LogP contribution in [0.5, 0.6) is 5.75 Å². The first-order chi connectivity index (χ1) is 15.1. The van der Waals surface area contributed by atoms with Crippen LogP contribution in [-0.4, -0.2) is 49.7 Å². The summed E-state index contributed by atoms with van der Waals surface area (Å²) >= 11 is 0. The zero-order chi connectivity index (χ0) is 23.0. The number of hydrogen-bond acceptors (Lipinski definition) is 6. The second-order valence-electron chi connectivity index (χ2n) is 9.58. The summed E-state index contributed by atoms with van der Waals surface area (Å²) in [6.45, 7) is 10.8. The lowest BCUT2D eigenvalue weighted by Gasteiger charge is -2.33. The number of aromatic nitrogens is 3. The average molecular weight is 435 g/mol. The third kappa shape index (κ3) is 4.66. The molecule has 0 bridgehead atoms. The second-order valence-corrected chi connectivity index (χ2v) is 9.58. The molecule has 168 valence electrons. The van der Waals surface area contributed by atoms with Gasteiger partial charge in [-0.25, -0.2) is 14.8 Å². The van der Waals surface area contributed by atoms with Crippen molar-refractivity contribution in [1.29, 1.82) is 0 Å². The number of ether oxygens (including phenoxy) is 1. The molecule has 4 rings (SSSR count). The minimum Gasteiger partial charge on any atom is -0.507 e. The van der Waals surface area contributed by atoms with Crippen molar-refractivity contribution in [3.05, 3.63) is 47.3 Å². The van der Waals surface area contributed by atoms with Crippen LogP contribution in [0.3, 0.4) is 0 Å². The highest BCUT2D eigenvalue weighted by Crippen LogP contribution is 2.33. The van der Waals surface area contributed by atoms with E-state index in [2.05, 4.69) is 4.98 Å².